The summed E-state index contributed by atoms with van der Waals surface area (Å²) in [6.07, 6.45) is 8.43. The highest BCUT2D eigenvalue weighted by molar-refractivity contribution is 5.94. The van der Waals surface area contributed by atoms with E-state index in [1.54, 1.807) is 30.3 Å². The van der Waals surface area contributed by atoms with Crippen LogP contribution < -0.4 is 5.32 Å². The van der Waals surface area contributed by atoms with Crippen LogP contribution in [0.1, 0.15) is 52.8 Å². The van der Waals surface area contributed by atoms with Crippen molar-refractivity contribution >= 4 is 5.91 Å². The molecule has 1 aliphatic heterocycles. The summed E-state index contributed by atoms with van der Waals surface area (Å²) < 4.78 is 7.30. The van der Waals surface area contributed by atoms with E-state index < -0.39 is 0 Å². The predicted molar refractivity (Wildman–Crippen MR) is 83.7 cm³/mol. The fraction of sp³-hybridized carbons (Fsp3) is 0.500. The summed E-state index contributed by atoms with van der Waals surface area (Å²) in [6, 6.07) is 0. The van der Waals surface area contributed by atoms with Crippen LogP contribution in [0.5, 0.6) is 0 Å². The number of amides is 1. The van der Waals surface area contributed by atoms with Crippen LogP contribution in [0.4, 0.5) is 0 Å². The summed E-state index contributed by atoms with van der Waals surface area (Å²) in [4.78, 5) is 20.9. The van der Waals surface area contributed by atoms with Gasteiger partial charge in [0, 0.05) is 44.4 Å². The Morgan fingerprint density at radius 3 is 2.78 bits per heavy atom. The maximum Gasteiger partial charge on any atom is 0.255 e. The number of hydrogen-bond donors (Lipinski definition) is 1. The summed E-state index contributed by atoms with van der Waals surface area (Å²) in [7, 11) is 1.80. The standard InChI is InChI=1S/C16H21N5O2/c1-11-13(10-21(2)20-11)16(22)19-9-12-7-17-15(18-8-12)14-5-3-4-6-23-14/h7-8,10,14H,3-6,9H2,1-2H3,(H,19,22)/t14-/m1/s1. The van der Waals surface area contributed by atoms with Gasteiger partial charge in [-0.25, -0.2) is 9.97 Å². The van der Waals surface area contributed by atoms with Gasteiger partial charge < -0.3 is 10.1 Å². The van der Waals surface area contributed by atoms with Gasteiger partial charge in [-0.05, 0) is 26.2 Å². The monoisotopic (exact) mass is 315 g/mol. The third-order valence-corrected chi connectivity index (χ3v) is 3.90. The first kappa shape index (κ1) is 15.6. The van der Waals surface area contributed by atoms with Crippen molar-refractivity contribution in [3.63, 3.8) is 0 Å². The smallest absolute Gasteiger partial charge is 0.255 e. The highest BCUT2D eigenvalue weighted by Crippen LogP contribution is 2.24. The quantitative estimate of drug-likeness (QED) is 0.928. The topological polar surface area (TPSA) is 81.9 Å². The lowest BCUT2D eigenvalue weighted by Crippen LogP contribution is -2.23. The van der Waals surface area contributed by atoms with Crippen molar-refractivity contribution in [2.75, 3.05) is 6.61 Å². The SMILES string of the molecule is Cc1nn(C)cc1C(=O)NCc1cnc([C@H]2CCCCO2)nc1. The van der Waals surface area contributed by atoms with Crippen molar-refractivity contribution in [2.45, 2.75) is 38.8 Å². The second-order valence-corrected chi connectivity index (χ2v) is 5.79. The van der Waals surface area contributed by atoms with E-state index in [2.05, 4.69) is 20.4 Å². The molecule has 7 nitrogen and oxygen atoms in total. The van der Waals surface area contributed by atoms with Gasteiger partial charge in [-0.3, -0.25) is 9.48 Å². The first-order chi connectivity index (χ1) is 11.1. The van der Waals surface area contributed by atoms with Crippen molar-refractivity contribution < 1.29 is 9.53 Å². The zero-order chi connectivity index (χ0) is 16.2. The number of aromatic nitrogens is 4. The van der Waals surface area contributed by atoms with Crippen molar-refractivity contribution in [1.29, 1.82) is 0 Å². The van der Waals surface area contributed by atoms with Crippen molar-refractivity contribution in [2.24, 2.45) is 7.05 Å². The third kappa shape index (κ3) is 3.73. The molecule has 122 valence electrons. The largest absolute Gasteiger partial charge is 0.370 e. The number of hydrogen-bond acceptors (Lipinski definition) is 5. The Kier molecular flexibility index (Phi) is 4.66. The average Bonchev–Trinajstić information content (AvgIpc) is 2.92. The number of carbonyl (C=O) groups is 1. The van der Waals surface area contributed by atoms with Crippen LogP contribution in [0.2, 0.25) is 0 Å². The molecular formula is C16H21N5O2. The highest BCUT2D eigenvalue weighted by atomic mass is 16.5. The molecule has 0 aliphatic carbocycles. The molecule has 23 heavy (non-hydrogen) atoms. The molecule has 7 heteroatoms. The molecule has 1 amide bonds. The molecule has 0 bridgehead atoms. The first-order valence-electron chi connectivity index (χ1n) is 7.84. The third-order valence-electron chi connectivity index (χ3n) is 3.90. The van der Waals surface area contributed by atoms with E-state index in [-0.39, 0.29) is 12.0 Å². The second kappa shape index (κ2) is 6.87. The zero-order valence-electron chi connectivity index (χ0n) is 13.5. The van der Waals surface area contributed by atoms with Gasteiger partial charge in [0.2, 0.25) is 0 Å². The van der Waals surface area contributed by atoms with Crippen LogP contribution >= 0.6 is 0 Å². The lowest BCUT2D eigenvalue weighted by Gasteiger charge is -2.21. The maximum absolute atomic E-state index is 12.1. The van der Waals surface area contributed by atoms with Crippen LogP contribution in [0.25, 0.3) is 0 Å². The van der Waals surface area contributed by atoms with Crippen LogP contribution in [0.15, 0.2) is 18.6 Å². The van der Waals surface area contributed by atoms with Gasteiger partial charge >= 0.3 is 0 Å². The number of aryl methyl sites for hydroxylation is 2. The fourth-order valence-electron chi connectivity index (χ4n) is 2.67. The molecule has 1 N–H and O–H groups in total. The van der Waals surface area contributed by atoms with E-state index in [9.17, 15) is 4.79 Å². The number of ether oxygens (including phenoxy) is 1. The molecule has 0 aromatic carbocycles. The predicted octanol–water partition coefficient (Wildman–Crippen LogP) is 1.69. The van der Waals surface area contributed by atoms with Crippen LogP contribution in [0, 0.1) is 6.92 Å². The van der Waals surface area contributed by atoms with E-state index in [4.69, 9.17) is 4.74 Å². The minimum absolute atomic E-state index is 0.00503. The van der Waals surface area contributed by atoms with Gasteiger partial charge in [0.1, 0.15) is 6.10 Å². The van der Waals surface area contributed by atoms with Gasteiger partial charge in [-0.15, -0.1) is 0 Å². The molecule has 1 atom stereocenters. The summed E-state index contributed by atoms with van der Waals surface area (Å²) >= 11 is 0. The molecule has 0 unspecified atom stereocenters. The van der Waals surface area contributed by atoms with Crippen molar-refractivity contribution in [3.8, 4) is 0 Å². The van der Waals surface area contributed by atoms with Gasteiger partial charge in [0.05, 0.1) is 11.3 Å². The molecule has 2 aromatic rings. The number of nitrogens with one attached hydrogen (secondary N) is 1. The molecule has 2 aromatic heterocycles. The van der Waals surface area contributed by atoms with Gasteiger partial charge in [-0.2, -0.15) is 5.10 Å². The van der Waals surface area contributed by atoms with E-state index >= 15 is 0 Å². The zero-order valence-corrected chi connectivity index (χ0v) is 13.5. The van der Waals surface area contributed by atoms with E-state index in [1.165, 1.54) is 0 Å². The molecule has 0 radical (unpaired) electrons. The van der Waals surface area contributed by atoms with Gasteiger partial charge in [-0.1, -0.05) is 0 Å². The van der Waals surface area contributed by atoms with E-state index in [0.29, 0.717) is 17.8 Å². The maximum atomic E-state index is 12.1. The number of rotatable bonds is 4. The highest BCUT2D eigenvalue weighted by Gasteiger charge is 2.18. The average molecular weight is 315 g/mol. The number of carbonyl (C=O) groups excluding carboxylic acids is 1. The minimum Gasteiger partial charge on any atom is -0.370 e. The molecule has 1 aliphatic rings. The Morgan fingerprint density at radius 1 is 1.39 bits per heavy atom. The first-order valence-corrected chi connectivity index (χ1v) is 7.84. The fourth-order valence-corrected chi connectivity index (χ4v) is 2.67. The summed E-state index contributed by atoms with van der Waals surface area (Å²) in [5, 5.41) is 7.03. The minimum atomic E-state index is -0.143. The molecule has 1 saturated heterocycles. The molecule has 0 spiro atoms. The number of nitrogens with zero attached hydrogens (tertiary/aromatic N) is 4. The molecule has 3 rings (SSSR count). The molecule has 0 saturated carbocycles. The van der Waals surface area contributed by atoms with Crippen molar-refractivity contribution in [1.82, 2.24) is 25.1 Å². The van der Waals surface area contributed by atoms with Gasteiger partial charge in [0.25, 0.3) is 5.91 Å². The normalized spacial score (nSPS) is 17.9. The second-order valence-electron chi connectivity index (χ2n) is 5.79. The van der Waals surface area contributed by atoms with Crippen LogP contribution in [0.3, 0.4) is 0 Å². The Morgan fingerprint density at radius 2 is 2.17 bits per heavy atom. The van der Waals surface area contributed by atoms with Crippen LogP contribution in [-0.2, 0) is 18.3 Å². The van der Waals surface area contributed by atoms with E-state index in [0.717, 1.165) is 37.3 Å². The van der Waals surface area contributed by atoms with Gasteiger partial charge in [0.15, 0.2) is 5.82 Å². The van der Waals surface area contributed by atoms with Crippen molar-refractivity contribution in [3.05, 3.63) is 41.2 Å². The summed E-state index contributed by atoms with van der Waals surface area (Å²) in [5.41, 5.74) is 2.16. The van der Waals surface area contributed by atoms with E-state index in [1.807, 2.05) is 6.92 Å². The molecular weight excluding hydrogens is 294 g/mol. The summed E-state index contributed by atoms with van der Waals surface area (Å²) in [5.74, 6) is 0.582. The Balaban J connectivity index is 1.58. The Hall–Kier alpha value is -2.28. The summed E-state index contributed by atoms with van der Waals surface area (Å²) in [6.45, 7) is 2.98. The Labute approximate surface area is 135 Å². The lowest BCUT2D eigenvalue weighted by molar-refractivity contribution is 0.00940. The Bertz CT molecular complexity index is 674. The molecule has 3 heterocycles. The lowest BCUT2D eigenvalue weighted by atomic mass is 10.1. The molecule has 1 fully saturated rings. The van der Waals surface area contributed by atoms with Crippen LogP contribution in [-0.4, -0.2) is 32.3 Å².